The summed E-state index contributed by atoms with van der Waals surface area (Å²) < 4.78 is 39.8. The molecule has 18 nitrogen and oxygen atoms in total. The Balaban J connectivity index is 0. The summed E-state index contributed by atoms with van der Waals surface area (Å²) in [5.74, 6) is -1.92. The second kappa shape index (κ2) is 34.1. The van der Waals surface area contributed by atoms with Crippen molar-refractivity contribution in [3.8, 4) is 0 Å². The molecule has 0 aromatic rings. The number of amides is 4. The molecule has 0 rings (SSSR count). The largest absolute Gasteiger partial charge is 0.460 e. The van der Waals surface area contributed by atoms with Gasteiger partial charge in [0.15, 0.2) is 0 Å². The summed E-state index contributed by atoms with van der Waals surface area (Å²) in [6.07, 6.45) is 2.15. The van der Waals surface area contributed by atoms with Gasteiger partial charge in [-0.2, -0.15) is 0 Å². The smallest absolute Gasteiger partial charge is 0.333 e. The number of rotatable bonds is 28. The van der Waals surface area contributed by atoms with E-state index in [2.05, 4.69) is 47.6 Å². The first-order chi connectivity index (χ1) is 23.9. The van der Waals surface area contributed by atoms with Crippen LogP contribution in [0.5, 0.6) is 0 Å². The number of carbonyl (C=O) groups is 6. The van der Waals surface area contributed by atoms with Crippen LogP contribution < -0.4 is 21.3 Å². The van der Waals surface area contributed by atoms with Crippen LogP contribution in [0.3, 0.4) is 0 Å². The van der Waals surface area contributed by atoms with Crippen LogP contribution in [0, 0.1) is 0 Å². The third-order valence-electron chi connectivity index (χ3n) is 5.02. The van der Waals surface area contributed by atoms with Crippen molar-refractivity contribution in [1.82, 2.24) is 21.3 Å². The average molecular weight is 717 g/mol. The minimum atomic E-state index is -0.503. The second-order valence-electron chi connectivity index (χ2n) is 9.39. The van der Waals surface area contributed by atoms with Crippen molar-refractivity contribution in [3.05, 3.63) is 49.6 Å². The molecule has 0 bridgehead atoms. The zero-order valence-electron chi connectivity index (χ0n) is 29.0. The molecule has 0 radical (unpaired) electrons. The van der Waals surface area contributed by atoms with Gasteiger partial charge >= 0.3 is 35.9 Å². The first kappa shape index (κ1) is 47.3. The van der Waals surface area contributed by atoms with Gasteiger partial charge in [-0.15, -0.1) is 0 Å². The first-order valence-electron chi connectivity index (χ1n) is 15.5. The third-order valence-corrected chi connectivity index (χ3v) is 5.02. The standard InChI is InChI=1S/C17H28N2O7.C15H24N2O7/c1-13(2)15(20)25-11-9-23-7-5-18-17(22)19-6-8-24-10-12-26-16(21)14(3)4;1-3-13(18)23-11-9-21-7-5-16-15(20)17-6-8-22-10-12-24-14(19)4-2/h1,3,5-12H2,2,4H3,(H2,18,19,22);3-4H,1-2,5-12H2,(H2,16,17,20). The highest BCUT2D eigenvalue weighted by Crippen LogP contribution is 1.92. The summed E-state index contributed by atoms with van der Waals surface area (Å²) in [4.78, 5) is 66.4. The molecule has 284 valence electrons. The van der Waals surface area contributed by atoms with E-state index in [1.165, 1.54) is 0 Å². The molecule has 0 saturated heterocycles. The van der Waals surface area contributed by atoms with E-state index in [4.69, 9.17) is 37.9 Å². The maximum absolute atomic E-state index is 11.5. The van der Waals surface area contributed by atoms with Gasteiger partial charge < -0.3 is 59.2 Å². The minimum absolute atomic E-state index is 0.135. The Morgan fingerprint density at radius 2 is 0.700 bits per heavy atom. The van der Waals surface area contributed by atoms with Gasteiger partial charge in [0.1, 0.15) is 26.4 Å². The molecular formula is C32H52N4O14. The number of esters is 4. The zero-order chi connectivity index (χ0) is 37.8. The van der Waals surface area contributed by atoms with Crippen molar-refractivity contribution in [1.29, 1.82) is 0 Å². The molecular weight excluding hydrogens is 664 g/mol. The molecule has 18 heteroatoms. The lowest BCUT2D eigenvalue weighted by Crippen LogP contribution is -2.39. The summed E-state index contributed by atoms with van der Waals surface area (Å²) in [5, 5.41) is 10.4. The Morgan fingerprint density at radius 3 is 0.940 bits per heavy atom. The molecule has 0 unspecified atom stereocenters. The molecule has 0 fully saturated rings. The molecule has 4 amide bonds. The van der Waals surface area contributed by atoms with E-state index < -0.39 is 23.9 Å². The second-order valence-corrected chi connectivity index (χ2v) is 9.39. The summed E-state index contributed by atoms with van der Waals surface area (Å²) in [7, 11) is 0. The van der Waals surface area contributed by atoms with Gasteiger partial charge in [0, 0.05) is 49.5 Å². The monoisotopic (exact) mass is 716 g/mol. The summed E-state index contributed by atoms with van der Waals surface area (Å²) in [5.41, 5.74) is 0.667. The van der Waals surface area contributed by atoms with E-state index in [0.717, 1.165) is 12.2 Å². The van der Waals surface area contributed by atoms with Gasteiger partial charge in [-0.05, 0) is 13.8 Å². The number of hydrogen-bond acceptors (Lipinski definition) is 14. The molecule has 0 aromatic carbocycles. The summed E-state index contributed by atoms with van der Waals surface area (Å²) in [6.45, 7) is 20.5. The van der Waals surface area contributed by atoms with E-state index in [0.29, 0.717) is 63.8 Å². The number of ether oxygens (including phenoxy) is 8. The van der Waals surface area contributed by atoms with Gasteiger partial charge in [0.05, 0.1) is 52.9 Å². The van der Waals surface area contributed by atoms with Crippen molar-refractivity contribution >= 4 is 35.9 Å². The minimum Gasteiger partial charge on any atom is -0.460 e. The Bertz CT molecular complexity index is 990. The molecule has 4 N–H and O–H groups in total. The Kier molecular flexibility index (Phi) is 32.3. The Hall–Kier alpha value is -4.78. The van der Waals surface area contributed by atoms with E-state index in [1.54, 1.807) is 13.8 Å². The fourth-order valence-corrected chi connectivity index (χ4v) is 2.63. The molecule has 0 aliphatic rings. The fourth-order valence-electron chi connectivity index (χ4n) is 2.63. The van der Waals surface area contributed by atoms with Crippen LogP contribution >= 0.6 is 0 Å². The predicted octanol–water partition coefficient (Wildman–Crippen LogP) is 0.335. The lowest BCUT2D eigenvalue weighted by Gasteiger charge is -2.09. The van der Waals surface area contributed by atoms with Gasteiger partial charge in [-0.1, -0.05) is 26.3 Å². The molecule has 0 saturated carbocycles. The van der Waals surface area contributed by atoms with Crippen molar-refractivity contribution in [2.75, 3.05) is 105 Å². The topological polar surface area (TPSA) is 224 Å². The van der Waals surface area contributed by atoms with Crippen LogP contribution in [-0.4, -0.2) is 141 Å². The number of carbonyl (C=O) groups excluding carboxylic acids is 6. The Morgan fingerprint density at radius 1 is 0.440 bits per heavy atom. The van der Waals surface area contributed by atoms with Crippen LogP contribution in [-0.2, 0) is 57.1 Å². The number of nitrogens with one attached hydrogen (secondary N) is 4. The third kappa shape index (κ3) is 34.6. The van der Waals surface area contributed by atoms with Crippen molar-refractivity contribution in [2.24, 2.45) is 0 Å². The van der Waals surface area contributed by atoms with Crippen LogP contribution in [0.2, 0.25) is 0 Å². The molecule has 0 aliphatic heterocycles. The highest BCUT2D eigenvalue weighted by atomic mass is 16.6. The highest BCUT2D eigenvalue weighted by Gasteiger charge is 2.04. The summed E-state index contributed by atoms with van der Waals surface area (Å²) >= 11 is 0. The average Bonchev–Trinajstić information content (AvgIpc) is 3.09. The van der Waals surface area contributed by atoms with Crippen molar-refractivity contribution in [3.63, 3.8) is 0 Å². The van der Waals surface area contributed by atoms with Gasteiger partial charge in [0.25, 0.3) is 0 Å². The SMILES string of the molecule is C=C(C)C(=O)OCCOCCNC(=O)NCCOCCOC(=O)C(=C)C.C=CC(=O)OCCOCCNC(=O)NCCOCCOC(=O)C=C. The number of hydrogen-bond donors (Lipinski definition) is 4. The normalized spacial score (nSPS) is 9.80. The Labute approximate surface area is 292 Å². The van der Waals surface area contributed by atoms with Gasteiger partial charge in [-0.3, -0.25) is 0 Å². The predicted molar refractivity (Wildman–Crippen MR) is 180 cm³/mol. The van der Waals surface area contributed by atoms with Crippen molar-refractivity contribution < 1.29 is 66.7 Å². The lowest BCUT2D eigenvalue weighted by molar-refractivity contribution is -0.141. The van der Waals surface area contributed by atoms with Crippen LogP contribution in [0.1, 0.15) is 13.8 Å². The first-order valence-corrected chi connectivity index (χ1v) is 15.5. The van der Waals surface area contributed by atoms with Crippen LogP contribution in [0.4, 0.5) is 9.59 Å². The zero-order valence-corrected chi connectivity index (χ0v) is 29.0. The van der Waals surface area contributed by atoms with E-state index in [-0.39, 0.29) is 64.9 Å². The lowest BCUT2D eigenvalue weighted by atomic mass is 10.4. The molecule has 50 heavy (non-hydrogen) atoms. The molecule has 0 heterocycles. The van der Waals surface area contributed by atoms with Crippen LogP contribution in [0.25, 0.3) is 0 Å². The van der Waals surface area contributed by atoms with E-state index >= 15 is 0 Å². The van der Waals surface area contributed by atoms with Crippen molar-refractivity contribution in [2.45, 2.75) is 13.8 Å². The molecule has 0 spiro atoms. The molecule has 0 atom stereocenters. The summed E-state index contributed by atoms with van der Waals surface area (Å²) in [6, 6.07) is -0.696. The maximum atomic E-state index is 11.5. The molecule has 0 aromatic heterocycles. The maximum Gasteiger partial charge on any atom is 0.333 e. The van der Waals surface area contributed by atoms with Gasteiger partial charge in [0.2, 0.25) is 0 Å². The fraction of sp³-hybridized carbons (Fsp3) is 0.562. The van der Waals surface area contributed by atoms with Crippen LogP contribution in [0.15, 0.2) is 49.6 Å². The van der Waals surface area contributed by atoms with E-state index in [1.807, 2.05) is 0 Å². The molecule has 0 aliphatic carbocycles. The van der Waals surface area contributed by atoms with E-state index in [9.17, 15) is 28.8 Å². The quantitative estimate of drug-likeness (QED) is 0.0371. The van der Waals surface area contributed by atoms with Gasteiger partial charge in [-0.25, -0.2) is 28.8 Å². The highest BCUT2D eigenvalue weighted by molar-refractivity contribution is 5.87. The number of urea groups is 2.